The van der Waals surface area contributed by atoms with Gasteiger partial charge >= 0.3 is 0 Å². The fraction of sp³-hybridized carbons (Fsp3) is 0.667. The minimum atomic E-state index is -1.46. The second-order valence-corrected chi connectivity index (χ2v) is 2.96. The minimum Gasteiger partial charge on any atom is -0.368 e. The second kappa shape index (κ2) is 2.82. The summed E-state index contributed by atoms with van der Waals surface area (Å²) in [7, 11) is 0. The van der Waals surface area contributed by atoms with Gasteiger partial charge in [0.05, 0.1) is 13.1 Å². The van der Waals surface area contributed by atoms with Gasteiger partial charge in [-0.1, -0.05) is 0 Å². The van der Waals surface area contributed by atoms with Crippen molar-refractivity contribution in [3.05, 3.63) is 0 Å². The van der Waals surface area contributed by atoms with Crippen LogP contribution < -0.4 is 10.6 Å². The molecule has 2 rings (SSSR count). The summed E-state index contributed by atoms with van der Waals surface area (Å²) in [6.07, 6.45) is -2.92. The average molecular weight is 189 g/mol. The van der Waals surface area contributed by atoms with E-state index in [1.165, 1.54) is 4.90 Å². The molecule has 0 aliphatic carbocycles. The van der Waals surface area contributed by atoms with Crippen LogP contribution in [0.2, 0.25) is 0 Å². The maximum atomic E-state index is 12.7. The van der Waals surface area contributed by atoms with E-state index in [-0.39, 0.29) is 25.0 Å². The summed E-state index contributed by atoms with van der Waals surface area (Å²) in [5, 5.41) is 6.10. The van der Waals surface area contributed by atoms with Crippen LogP contribution in [0.3, 0.4) is 0 Å². The summed E-state index contributed by atoms with van der Waals surface area (Å²) >= 11 is 0. The molecule has 0 saturated carbocycles. The van der Waals surface area contributed by atoms with Crippen molar-refractivity contribution in [2.45, 2.75) is 12.3 Å². The van der Waals surface area contributed by atoms with E-state index in [4.69, 9.17) is 5.73 Å². The number of alkyl halides is 2. The number of nitrogens with two attached hydrogens (primary N) is 1. The van der Waals surface area contributed by atoms with Gasteiger partial charge in [-0.3, -0.25) is 0 Å². The lowest BCUT2D eigenvalue weighted by molar-refractivity contribution is 0.217. The van der Waals surface area contributed by atoms with Gasteiger partial charge in [-0.25, -0.2) is 13.9 Å². The number of hydrogen-bond donors (Lipinski definition) is 2. The molecule has 2 atom stereocenters. The van der Waals surface area contributed by atoms with Gasteiger partial charge in [-0.15, -0.1) is 5.10 Å². The third-order valence-corrected chi connectivity index (χ3v) is 1.96. The van der Waals surface area contributed by atoms with Gasteiger partial charge in [-0.05, 0) is 0 Å². The van der Waals surface area contributed by atoms with Gasteiger partial charge in [0.25, 0.3) is 0 Å². The predicted molar refractivity (Wildman–Crippen MR) is 42.8 cm³/mol. The first-order valence-electron chi connectivity index (χ1n) is 3.88. The molecule has 0 amide bonds. The van der Waals surface area contributed by atoms with Crippen molar-refractivity contribution in [2.24, 2.45) is 0 Å². The van der Waals surface area contributed by atoms with E-state index in [0.29, 0.717) is 0 Å². The Labute approximate surface area is 72.9 Å². The molecular weight excluding hydrogens is 180 g/mol. The van der Waals surface area contributed by atoms with Crippen LogP contribution in [-0.2, 0) is 0 Å². The first kappa shape index (κ1) is 8.21. The second-order valence-electron chi connectivity index (χ2n) is 2.96. The summed E-state index contributed by atoms with van der Waals surface area (Å²) in [6.45, 7) is -0.0308. The van der Waals surface area contributed by atoms with Crippen molar-refractivity contribution in [2.75, 3.05) is 23.7 Å². The number of nitrogens with one attached hydrogen (secondary N) is 1. The average Bonchev–Trinajstić information content (AvgIpc) is 2.61. The molecule has 5 nitrogen and oxygen atoms in total. The molecular formula is C6H9F2N5. The summed E-state index contributed by atoms with van der Waals surface area (Å²) in [5.74, 6) is 0.396. The fourth-order valence-corrected chi connectivity index (χ4v) is 1.29. The smallest absolute Gasteiger partial charge is 0.246 e. The fourth-order valence-electron chi connectivity index (χ4n) is 1.29. The Morgan fingerprint density at radius 2 is 2.00 bits per heavy atom. The van der Waals surface area contributed by atoms with Crippen LogP contribution in [0, 0.1) is 0 Å². The number of hydrogen-bond acceptors (Lipinski definition) is 4. The van der Waals surface area contributed by atoms with Crippen LogP contribution in [0.4, 0.5) is 20.7 Å². The van der Waals surface area contributed by atoms with Crippen molar-refractivity contribution in [3.8, 4) is 0 Å². The van der Waals surface area contributed by atoms with Gasteiger partial charge in [0, 0.05) is 0 Å². The van der Waals surface area contributed by atoms with Gasteiger partial charge in [0.2, 0.25) is 11.9 Å². The van der Waals surface area contributed by atoms with Gasteiger partial charge in [0.15, 0.2) is 12.3 Å². The van der Waals surface area contributed by atoms with E-state index in [1.807, 2.05) is 0 Å². The quantitative estimate of drug-likeness (QED) is 0.646. The van der Waals surface area contributed by atoms with E-state index in [2.05, 4.69) is 15.2 Å². The molecule has 3 N–H and O–H groups in total. The van der Waals surface area contributed by atoms with E-state index < -0.39 is 12.3 Å². The first-order chi connectivity index (χ1) is 6.16. The predicted octanol–water partition coefficient (Wildman–Crippen LogP) is -0.117. The van der Waals surface area contributed by atoms with Crippen molar-refractivity contribution in [3.63, 3.8) is 0 Å². The van der Waals surface area contributed by atoms with Crippen LogP contribution in [0.1, 0.15) is 0 Å². The summed E-state index contributed by atoms with van der Waals surface area (Å²) in [4.78, 5) is 5.18. The Hall–Kier alpha value is -1.40. The number of nitrogens with zero attached hydrogens (tertiary/aromatic N) is 3. The first-order valence-corrected chi connectivity index (χ1v) is 3.88. The highest BCUT2D eigenvalue weighted by atomic mass is 19.2. The Balaban J connectivity index is 2.11. The molecule has 1 aromatic rings. The largest absolute Gasteiger partial charge is 0.368 e. The van der Waals surface area contributed by atoms with Crippen molar-refractivity contribution in [1.29, 1.82) is 0 Å². The molecule has 1 fully saturated rings. The Morgan fingerprint density at radius 1 is 1.38 bits per heavy atom. The zero-order valence-electron chi connectivity index (χ0n) is 6.74. The number of halogens is 2. The number of anilines is 2. The van der Waals surface area contributed by atoms with Crippen molar-refractivity contribution in [1.82, 2.24) is 15.2 Å². The molecule has 7 heteroatoms. The number of rotatable bonds is 1. The summed E-state index contributed by atoms with van der Waals surface area (Å²) in [5.41, 5.74) is 5.27. The van der Waals surface area contributed by atoms with Crippen molar-refractivity contribution < 1.29 is 8.78 Å². The molecule has 1 aliphatic heterocycles. The number of aromatic amines is 1. The molecule has 1 saturated heterocycles. The molecule has 0 unspecified atom stereocenters. The summed E-state index contributed by atoms with van der Waals surface area (Å²) in [6, 6.07) is 0. The molecule has 72 valence electrons. The monoisotopic (exact) mass is 189 g/mol. The lowest BCUT2D eigenvalue weighted by atomic mass is 10.3. The topological polar surface area (TPSA) is 70.8 Å². The lowest BCUT2D eigenvalue weighted by Crippen LogP contribution is -2.21. The third-order valence-electron chi connectivity index (χ3n) is 1.96. The molecule has 13 heavy (non-hydrogen) atoms. The molecule has 2 heterocycles. The lowest BCUT2D eigenvalue weighted by Gasteiger charge is -2.10. The third kappa shape index (κ3) is 1.41. The van der Waals surface area contributed by atoms with Gasteiger partial charge in [-0.2, -0.15) is 4.98 Å². The summed E-state index contributed by atoms with van der Waals surface area (Å²) < 4.78 is 25.5. The van der Waals surface area contributed by atoms with E-state index in [0.717, 1.165) is 0 Å². The maximum Gasteiger partial charge on any atom is 0.246 e. The van der Waals surface area contributed by atoms with E-state index in [9.17, 15) is 8.78 Å². The Morgan fingerprint density at radius 3 is 2.46 bits per heavy atom. The molecule has 0 spiro atoms. The van der Waals surface area contributed by atoms with Gasteiger partial charge < -0.3 is 10.6 Å². The maximum absolute atomic E-state index is 12.7. The molecule has 0 bridgehead atoms. The van der Waals surface area contributed by atoms with E-state index in [1.54, 1.807) is 0 Å². The standard InChI is InChI=1S/C6H9F2N5/c7-3-1-13(2-4(3)8)6-10-5(9)11-12-6/h3-4H,1-2H2,(H3,9,10,11,12)/t3-,4+. The molecule has 1 aromatic heterocycles. The SMILES string of the molecule is Nc1nc(N2C[C@@H](F)[C@@H](F)C2)n[nH]1. The highest BCUT2D eigenvalue weighted by molar-refractivity contribution is 5.36. The minimum absolute atomic E-state index is 0.0154. The van der Waals surface area contributed by atoms with Crippen LogP contribution in [0.5, 0.6) is 0 Å². The van der Waals surface area contributed by atoms with Crippen LogP contribution in [-0.4, -0.2) is 40.6 Å². The Kier molecular flexibility index (Phi) is 1.78. The molecule has 0 aromatic carbocycles. The van der Waals surface area contributed by atoms with Gasteiger partial charge in [0.1, 0.15) is 0 Å². The van der Waals surface area contributed by atoms with Crippen molar-refractivity contribution >= 4 is 11.9 Å². The van der Waals surface area contributed by atoms with Crippen LogP contribution in [0.15, 0.2) is 0 Å². The highest BCUT2D eigenvalue weighted by Gasteiger charge is 2.34. The number of H-pyrrole nitrogens is 1. The zero-order chi connectivity index (χ0) is 9.42. The number of nitrogen functional groups attached to an aromatic ring is 1. The normalized spacial score (nSPS) is 28.3. The molecule has 1 aliphatic rings. The number of aromatic nitrogens is 3. The van der Waals surface area contributed by atoms with Crippen LogP contribution in [0.25, 0.3) is 0 Å². The highest BCUT2D eigenvalue weighted by Crippen LogP contribution is 2.20. The molecule has 0 radical (unpaired) electrons. The zero-order valence-corrected chi connectivity index (χ0v) is 6.74. The van der Waals surface area contributed by atoms with Crippen LogP contribution >= 0.6 is 0 Å². The Bertz CT molecular complexity index is 291. The van der Waals surface area contributed by atoms with E-state index >= 15 is 0 Å².